The van der Waals surface area contributed by atoms with Gasteiger partial charge in [-0.3, -0.25) is 0 Å². The van der Waals surface area contributed by atoms with E-state index in [0.29, 0.717) is 10.9 Å². The summed E-state index contributed by atoms with van der Waals surface area (Å²) in [5.74, 6) is 1.07. The van der Waals surface area contributed by atoms with Crippen LogP contribution in [0.4, 0.5) is 0 Å². The van der Waals surface area contributed by atoms with Crippen molar-refractivity contribution in [3.05, 3.63) is 27.2 Å². The summed E-state index contributed by atoms with van der Waals surface area (Å²) in [6, 6.07) is 3.58. The van der Waals surface area contributed by atoms with Crippen LogP contribution in [0.2, 0.25) is 5.02 Å². The first kappa shape index (κ1) is 15.1. The Morgan fingerprint density at radius 1 is 1.58 bits per heavy atom. The summed E-state index contributed by atoms with van der Waals surface area (Å²) in [6.07, 6.45) is 2.17. The van der Waals surface area contributed by atoms with Crippen LogP contribution in [0, 0.1) is 5.92 Å². The molecular formula is C14H19BrClNO2. The van der Waals surface area contributed by atoms with Crippen LogP contribution in [0.3, 0.4) is 0 Å². The molecular weight excluding hydrogens is 330 g/mol. The Labute approximate surface area is 127 Å². The fourth-order valence-corrected chi connectivity index (χ4v) is 3.77. The molecule has 0 aliphatic carbocycles. The number of halogens is 2. The minimum Gasteiger partial charge on any atom is -0.495 e. The third kappa shape index (κ3) is 3.07. The molecule has 19 heavy (non-hydrogen) atoms. The molecule has 2 rings (SSSR count). The van der Waals surface area contributed by atoms with Gasteiger partial charge in [0.25, 0.3) is 0 Å². The van der Waals surface area contributed by atoms with E-state index in [1.54, 1.807) is 7.11 Å². The second-order valence-corrected chi connectivity index (χ2v) is 6.10. The molecule has 0 amide bonds. The number of hydrogen-bond acceptors (Lipinski definition) is 3. The fourth-order valence-electron chi connectivity index (χ4n) is 2.77. The van der Waals surface area contributed by atoms with Crippen molar-refractivity contribution in [2.24, 2.45) is 11.7 Å². The van der Waals surface area contributed by atoms with E-state index in [2.05, 4.69) is 22.9 Å². The lowest BCUT2D eigenvalue weighted by molar-refractivity contribution is 0.0811. The van der Waals surface area contributed by atoms with Gasteiger partial charge in [0.2, 0.25) is 0 Å². The van der Waals surface area contributed by atoms with Crippen LogP contribution in [0.1, 0.15) is 31.4 Å². The Hall–Kier alpha value is -0.290. The normalized spacial score (nSPS) is 24.5. The average Bonchev–Trinajstić information content (AvgIpc) is 2.85. The maximum Gasteiger partial charge on any atom is 0.137 e. The fraction of sp³-hybridized carbons (Fsp3) is 0.571. The summed E-state index contributed by atoms with van der Waals surface area (Å²) >= 11 is 9.60. The standard InChI is InChI=1S/C14H19BrClNO2/c1-3-12-9(4-5-19-12)13(17)10-6-8(16)7-11(15)14(10)18-2/h6-7,9,12-13H,3-5,17H2,1-2H3. The van der Waals surface area contributed by atoms with Gasteiger partial charge >= 0.3 is 0 Å². The van der Waals surface area contributed by atoms with Crippen LogP contribution in [0.25, 0.3) is 0 Å². The minimum absolute atomic E-state index is 0.127. The van der Waals surface area contributed by atoms with Crippen LogP contribution < -0.4 is 10.5 Å². The SMILES string of the molecule is CCC1OCCC1C(N)c1cc(Cl)cc(Br)c1OC. The average molecular weight is 349 g/mol. The number of nitrogens with two attached hydrogens (primary N) is 1. The van der Waals surface area contributed by atoms with Crippen molar-refractivity contribution in [2.75, 3.05) is 13.7 Å². The van der Waals surface area contributed by atoms with Gasteiger partial charge in [0, 0.05) is 29.2 Å². The second-order valence-electron chi connectivity index (χ2n) is 4.81. The molecule has 3 unspecified atom stereocenters. The van der Waals surface area contributed by atoms with E-state index in [4.69, 9.17) is 26.8 Å². The van der Waals surface area contributed by atoms with Crippen LogP contribution in [0.5, 0.6) is 5.75 Å². The molecule has 1 aliphatic heterocycles. The van der Waals surface area contributed by atoms with Gasteiger partial charge in [0.1, 0.15) is 5.75 Å². The van der Waals surface area contributed by atoms with E-state index in [1.807, 2.05) is 12.1 Å². The van der Waals surface area contributed by atoms with Gasteiger partial charge in [0.15, 0.2) is 0 Å². The highest BCUT2D eigenvalue weighted by Gasteiger charge is 2.34. The number of benzene rings is 1. The molecule has 0 aromatic heterocycles. The molecule has 3 atom stereocenters. The smallest absolute Gasteiger partial charge is 0.137 e. The zero-order valence-electron chi connectivity index (χ0n) is 11.2. The molecule has 0 spiro atoms. The molecule has 1 aromatic rings. The zero-order chi connectivity index (χ0) is 14.0. The molecule has 1 aliphatic rings. The Balaban J connectivity index is 2.35. The van der Waals surface area contributed by atoms with E-state index in [1.165, 1.54) is 0 Å². The molecule has 106 valence electrons. The second kappa shape index (κ2) is 6.44. The highest BCUT2D eigenvalue weighted by atomic mass is 79.9. The van der Waals surface area contributed by atoms with Gasteiger partial charge in [-0.15, -0.1) is 0 Å². The van der Waals surface area contributed by atoms with Crippen molar-refractivity contribution in [2.45, 2.75) is 31.9 Å². The Bertz CT molecular complexity index is 455. The zero-order valence-corrected chi connectivity index (χ0v) is 13.5. The van der Waals surface area contributed by atoms with Crippen LogP contribution in [-0.4, -0.2) is 19.8 Å². The van der Waals surface area contributed by atoms with Crippen molar-refractivity contribution in [3.8, 4) is 5.75 Å². The lowest BCUT2D eigenvalue weighted by Gasteiger charge is -2.26. The first-order valence-corrected chi connectivity index (χ1v) is 7.65. The first-order valence-electron chi connectivity index (χ1n) is 6.48. The number of methoxy groups -OCH3 is 1. The molecule has 0 saturated carbocycles. The molecule has 1 aromatic carbocycles. The minimum atomic E-state index is -0.127. The Kier molecular flexibility index (Phi) is 5.12. The van der Waals surface area contributed by atoms with Crippen molar-refractivity contribution in [3.63, 3.8) is 0 Å². The molecule has 5 heteroatoms. The summed E-state index contributed by atoms with van der Waals surface area (Å²) in [5.41, 5.74) is 7.38. The predicted octanol–water partition coefficient (Wildman–Crippen LogP) is 3.93. The highest BCUT2D eigenvalue weighted by molar-refractivity contribution is 9.10. The van der Waals surface area contributed by atoms with Crippen LogP contribution in [-0.2, 0) is 4.74 Å². The number of rotatable bonds is 4. The largest absolute Gasteiger partial charge is 0.495 e. The predicted molar refractivity (Wildman–Crippen MR) is 80.8 cm³/mol. The first-order chi connectivity index (χ1) is 9.08. The summed E-state index contributed by atoms with van der Waals surface area (Å²) in [6.45, 7) is 2.90. The third-order valence-corrected chi connectivity index (χ3v) is 4.53. The molecule has 1 saturated heterocycles. The van der Waals surface area contributed by atoms with E-state index in [9.17, 15) is 0 Å². The lowest BCUT2D eigenvalue weighted by atomic mass is 9.87. The number of hydrogen-bond donors (Lipinski definition) is 1. The maximum atomic E-state index is 6.44. The number of ether oxygens (including phenoxy) is 2. The summed E-state index contributed by atoms with van der Waals surface area (Å²) in [4.78, 5) is 0. The van der Waals surface area contributed by atoms with E-state index < -0.39 is 0 Å². The van der Waals surface area contributed by atoms with Gasteiger partial charge in [0.05, 0.1) is 17.7 Å². The molecule has 2 N–H and O–H groups in total. The Morgan fingerprint density at radius 3 is 2.95 bits per heavy atom. The third-order valence-electron chi connectivity index (χ3n) is 3.72. The van der Waals surface area contributed by atoms with Gasteiger partial charge < -0.3 is 15.2 Å². The van der Waals surface area contributed by atoms with Crippen LogP contribution in [0.15, 0.2) is 16.6 Å². The highest BCUT2D eigenvalue weighted by Crippen LogP contribution is 2.41. The van der Waals surface area contributed by atoms with Gasteiger partial charge in [-0.05, 0) is 40.9 Å². The van der Waals surface area contributed by atoms with E-state index in [0.717, 1.165) is 35.2 Å². The maximum absolute atomic E-state index is 6.44. The topological polar surface area (TPSA) is 44.5 Å². The molecule has 1 heterocycles. The summed E-state index contributed by atoms with van der Waals surface area (Å²) < 4.78 is 12.0. The molecule has 3 nitrogen and oxygen atoms in total. The molecule has 0 bridgehead atoms. The van der Waals surface area contributed by atoms with Gasteiger partial charge in [-0.1, -0.05) is 18.5 Å². The summed E-state index contributed by atoms with van der Waals surface area (Å²) in [5, 5.41) is 0.657. The molecule has 1 fully saturated rings. The molecule has 0 radical (unpaired) electrons. The monoisotopic (exact) mass is 347 g/mol. The van der Waals surface area contributed by atoms with Crippen molar-refractivity contribution < 1.29 is 9.47 Å². The van der Waals surface area contributed by atoms with Crippen molar-refractivity contribution >= 4 is 27.5 Å². The van der Waals surface area contributed by atoms with E-state index in [-0.39, 0.29) is 12.1 Å². The van der Waals surface area contributed by atoms with Crippen molar-refractivity contribution in [1.82, 2.24) is 0 Å². The van der Waals surface area contributed by atoms with Crippen molar-refractivity contribution in [1.29, 1.82) is 0 Å². The summed E-state index contributed by atoms with van der Waals surface area (Å²) in [7, 11) is 1.65. The van der Waals surface area contributed by atoms with Crippen LogP contribution >= 0.6 is 27.5 Å². The Morgan fingerprint density at radius 2 is 2.32 bits per heavy atom. The lowest BCUT2D eigenvalue weighted by Crippen LogP contribution is -2.28. The van der Waals surface area contributed by atoms with E-state index >= 15 is 0 Å². The van der Waals surface area contributed by atoms with Gasteiger partial charge in [-0.2, -0.15) is 0 Å². The quantitative estimate of drug-likeness (QED) is 0.896. The van der Waals surface area contributed by atoms with Gasteiger partial charge in [-0.25, -0.2) is 0 Å².